The molecule has 1 aromatic heterocycles. The van der Waals surface area contributed by atoms with Crippen molar-refractivity contribution in [1.29, 1.82) is 0 Å². The van der Waals surface area contributed by atoms with Crippen LogP contribution in [-0.2, 0) is 4.74 Å². The summed E-state index contributed by atoms with van der Waals surface area (Å²) in [4.78, 5) is 14.7. The van der Waals surface area contributed by atoms with E-state index in [0.29, 0.717) is 25.4 Å². The second-order valence-electron chi connectivity index (χ2n) is 5.91. The number of carbonyl (C=O) groups excluding carboxylic acids is 1. The summed E-state index contributed by atoms with van der Waals surface area (Å²) in [6.07, 6.45) is 0. The van der Waals surface area contributed by atoms with Gasteiger partial charge >= 0.3 is 0 Å². The number of methoxy groups -OCH3 is 1. The molecule has 5 heteroatoms. The van der Waals surface area contributed by atoms with Crippen LogP contribution in [0.15, 0.2) is 66.7 Å². The summed E-state index contributed by atoms with van der Waals surface area (Å²) < 4.78 is 6.93. The summed E-state index contributed by atoms with van der Waals surface area (Å²) in [7, 11) is 1.63. The van der Waals surface area contributed by atoms with Crippen molar-refractivity contribution in [2.24, 2.45) is 0 Å². The van der Waals surface area contributed by atoms with Gasteiger partial charge in [-0.05, 0) is 25.1 Å². The first-order valence-corrected chi connectivity index (χ1v) is 8.73. The second-order valence-corrected chi connectivity index (χ2v) is 5.91. The topological polar surface area (TPSA) is 47.4 Å². The number of nitrogens with zero attached hydrogens (tertiary/aromatic N) is 3. The van der Waals surface area contributed by atoms with Crippen molar-refractivity contribution in [1.82, 2.24) is 14.7 Å². The maximum Gasteiger partial charge on any atom is 0.274 e. The monoisotopic (exact) mass is 349 g/mol. The standard InChI is InChI=1S/C21H23N3O2/c1-3-23(14-15-26-2)21(25)19-16-20(17-10-6-4-7-11-17)24(22-19)18-12-8-5-9-13-18/h4-13,16H,3,14-15H2,1-2H3. The predicted octanol–water partition coefficient (Wildman–Crippen LogP) is 3.65. The number of benzene rings is 2. The van der Waals surface area contributed by atoms with Gasteiger partial charge in [0.05, 0.1) is 18.0 Å². The van der Waals surface area contributed by atoms with Crippen LogP contribution in [0, 0.1) is 0 Å². The molecule has 3 aromatic rings. The van der Waals surface area contributed by atoms with Gasteiger partial charge in [0.25, 0.3) is 5.91 Å². The highest BCUT2D eigenvalue weighted by molar-refractivity contribution is 5.93. The summed E-state index contributed by atoms with van der Waals surface area (Å²) in [6.45, 7) is 3.62. The molecule has 0 aliphatic carbocycles. The van der Waals surface area contributed by atoms with Crippen molar-refractivity contribution in [2.75, 3.05) is 26.8 Å². The van der Waals surface area contributed by atoms with Gasteiger partial charge in [0.2, 0.25) is 0 Å². The SMILES string of the molecule is CCN(CCOC)C(=O)c1cc(-c2ccccc2)n(-c2ccccc2)n1. The molecule has 0 N–H and O–H groups in total. The molecule has 0 saturated carbocycles. The van der Waals surface area contributed by atoms with Gasteiger partial charge in [0.1, 0.15) is 0 Å². The highest BCUT2D eigenvalue weighted by Gasteiger charge is 2.20. The lowest BCUT2D eigenvalue weighted by atomic mass is 10.1. The van der Waals surface area contributed by atoms with Crippen molar-refractivity contribution in [3.05, 3.63) is 72.4 Å². The van der Waals surface area contributed by atoms with E-state index in [0.717, 1.165) is 16.9 Å². The smallest absolute Gasteiger partial charge is 0.274 e. The van der Waals surface area contributed by atoms with Crippen LogP contribution in [0.2, 0.25) is 0 Å². The zero-order valence-electron chi connectivity index (χ0n) is 15.1. The molecule has 0 aliphatic rings. The number of aromatic nitrogens is 2. The molecular formula is C21H23N3O2. The fourth-order valence-electron chi connectivity index (χ4n) is 2.83. The Balaban J connectivity index is 2.03. The van der Waals surface area contributed by atoms with Gasteiger partial charge in [-0.3, -0.25) is 4.79 Å². The Morgan fingerprint density at radius 1 is 1.08 bits per heavy atom. The Morgan fingerprint density at radius 3 is 2.35 bits per heavy atom. The lowest BCUT2D eigenvalue weighted by molar-refractivity contribution is 0.0700. The molecule has 0 unspecified atom stereocenters. The van der Waals surface area contributed by atoms with Crippen LogP contribution in [0.1, 0.15) is 17.4 Å². The Morgan fingerprint density at radius 2 is 1.73 bits per heavy atom. The van der Waals surface area contributed by atoms with Gasteiger partial charge in [0.15, 0.2) is 5.69 Å². The van der Waals surface area contributed by atoms with E-state index in [1.54, 1.807) is 12.0 Å². The van der Waals surface area contributed by atoms with Crippen molar-refractivity contribution >= 4 is 5.91 Å². The normalized spacial score (nSPS) is 10.7. The first kappa shape index (κ1) is 17.9. The second kappa shape index (κ2) is 8.45. The number of hydrogen-bond donors (Lipinski definition) is 0. The quantitative estimate of drug-likeness (QED) is 0.654. The van der Waals surface area contributed by atoms with E-state index >= 15 is 0 Å². The van der Waals surface area contributed by atoms with E-state index in [2.05, 4.69) is 5.10 Å². The number of likely N-dealkylation sites (N-methyl/N-ethyl adjacent to an activating group) is 1. The lowest BCUT2D eigenvalue weighted by Gasteiger charge is -2.18. The molecule has 0 saturated heterocycles. The molecule has 26 heavy (non-hydrogen) atoms. The molecule has 0 bridgehead atoms. The maximum absolute atomic E-state index is 12.9. The molecule has 0 spiro atoms. The summed E-state index contributed by atoms with van der Waals surface area (Å²) in [5.41, 5.74) is 3.27. The van der Waals surface area contributed by atoms with Crippen molar-refractivity contribution in [2.45, 2.75) is 6.92 Å². The Hall–Kier alpha value is -2.92. The van der Waals surface area contributed by atoms with Crippen LogP contribution in [0.25, 0.3) is 16.9 Å². The maximum atomic E-state index is 12.9. The van der Waals surface area contributed by atoms with Crippen LogP contribution >= 0.6 is 0 Å². The minimum Gasteiger partial charge on any atom is -0.383 e. The Bertz CT molecular complexity index is 787. The zero-order chi connectivity index (χ0) is 18.4. The largest absolute Gasteiger partial charge is 0.383 e. The van der Waals surface area contributed by atoms with Crippen LogP contribution in [0.5, 0.6) is 0 Å². The molecule has 0 radical (unpaired) electrons. The van der Waals surface area contributed by atoms with Gasteiger partial charge in [-0.2, -0.15) is 5.10 Å². The third kappa shape index (κ3) is 3.83. The average molecular weight is 349 g/mol. The van der Waals surface area contributed by atoms with Crippen molar-refractivity contribution in [3.63, 3.8) is 0 Å². The molecule has 0 fully saturated rings. The van der Waals surface area contributed by atoms with Crippen LogP contribution in [0.3, 0.4) is 0 Å². The summed E-state index contributed by atoms with van der Waals surface area (Å²) in [5, 5.41) is 4.62. The van der Waals surface area contributed by atoms with Crippen molar-refractivity contribution in [3.8, 4) is 16.9 Å². The summed E-state index contributed by atoms with van der Waals surface area (Å²) in [6, 6.07) is 21.7. The van der Waals surface area contributed by atoms with Gasteiger partial charge < -0.3 is 9.64 Å². The van der Waals surface area contributed by atoms with E-state index in [9.17, 15) is 4.79 Å². The zero-order valence-corrected chi connectivity index (χ0v) is 15.1. The van der Waals surface area contributed by atoms with Gasteiger partial charge in [0, 0.05) is 25.8 Å². The van der Waals surface area contributed by atoms with Crippen molar-refractivity contribution < 1.29 is 9.53 Å². The average Bonchev–Trinajstić information content (AvgIpc) is 3.15. The highest BCUT2D eigenvalue weighted by Crippen LogP contribution is 2.24. The minimum absolute atomic E-state index is 0.0867. The number of ether oxygens (including phenoxy) is 1. The van der Waals surface area contributed by atoms with Gasteiger partial charge in [-0.25, -0.2) is 4.68 Å². The lowest BCUT2D eigenvalue weighted by Crippen LogP contribution is -2.34. The van der Waals surface area contributed by atoms with Crippen LogP contribution in [0.4, 0.5) is 0 Å². The third-order valence-corrected chi connectivity index (χ3v) is 4.23. The molecule has 1 amide bonds. The number of hydrogen-bond acceptors (Lipinski definition) is 3. The Kier molecular flexibility index (Phi) is 5.81. The number of rotatable bonds is 7. The highest BCUT2D eigenvalue weighted by atomic mass is 16.5. The number of amides is 1. The molecule has 3 rings (SSSR count). The molecular weight excluding hydrogens is 326 g/mol. The van der Waals surface area contributed by atoms with E-state index in [-0.39, 0.29) is 5.91 Å². The molecule has 0 atom stereocenters. The molecule has 5 nitrogen and oxygen atoms in total. The predicted molar refractivity (Wildman–Crippen MR) is 102 cm³/mol. The van der Waals surface area contributed by atoms with Gasteiger partial charge in [-0.1, -0.05) is 48.5 Å². The van der Waals surface area contributed by atoms with E-state index in [1.165, 1.54) is 0 Å². The van der Waals surface area contributed by atoms with Crippen LogP contribution < -0.4 is 0 Å². The first-order valence-electron chi connectivity index (χ1n) is 8.73. The van der Waals surface area contributed by atoms with E-state index in [4.69, 9.17) is 4.74 Å². The summed E-state index contributed by atoms with van der Waals surface area (Å²) in [5.74, 6) is -0.0867. The fourth-order valence-corrected chi connectivity index (χ4v) is 2.83. The molecule has 2 aromatic carbocycles. The van der Waals surface area contributed by atoms with E-state index in [1.807, 2.05) is 78.3 Å². The summed E-state index contributed by atoms with van der Waals surface area (Å²) >= 11 is 0. The first-order chi connectivity index (χ1) is 12.7. The molecule has 134 valence electrons. The Labute approximate surface area is 153 Å². The molecule has 1 heterocycles. The minimum atomic E-state index is -0.0867. The number of para-hydroxylation sites is 1. The van der Waals surface area contributed by atoms with Gasteiger partial charge in [-0.15, -0.1) is 0 Å². The van der Waals surface area contributed by atoms with E-state index < -0.39 is 0 Å². The number of carbonyl (C=O) groups is 1. The third-order valence-electron chi connectivity index (χ3n) is 4.23. The van der Waals surface area contributed by atoms with Crippen LogP contribution in [-0.4, -0.2) is 47.4 Å². The molecule has 0 aliphatic heterocycles. The fraction of sp³-hybridized carbons (Fsp3) is 0.238.